The molecule has 2 rings (SSSR count). The second-order valence-corrected chi connectivity index (χ2v) is 6.41. The Morgan fingerprint density at radius 3 is 2.40 bits per heavy atom. The summed E-state index contributed by atoms with van der Waals surface area (Å²) in [7, 11) is 0. The number of thiophene rings is 1. The summed E-state index contributed by atoms with van der Waals surface area (Å²) in [6.07, 6.45) is -4.06. The molecule has 2 aromatic rings. The number of nitrogens with two attached hydrogens (primary N) is 1. The highest BCUT2D eigenvalue weighted by atomic mass is 32.1. The number of hydrogen-bond donors (Lipinski definition) is 3. The molecule has 1 aromatic carbocycles. The van der Waals surface area contributed by atoms with Crippen LogP contribution in [0, 0.1) is 6.92 Å². The SMILES string of the molecule is CCc1c(C)sc(NC(=O)Nc2ccccc2C(F)(F)F)c1C(N)=O. The number of amides is 3. The number of carbonyl (C=O) groups excluding carboxylic acids is 2. The molecule has 3 amide bonds. The van der Waals surface area contributed by atoms with Gasteiger partial charge in [0.05, 0.1) is 16.8 Å². The van der Waals surface area contributed by atoms with E-state index >= 15 is 0 Å². The highest BCUT2D eigenvalue weighted by Gasteiger charge is 2.33. The summed E-state index contributed by atoms with van der Waals surface area (Å²) in [6, 6.07) is 3.74. The Bertz CT molecular complexity index is 815. The van der Waals surface area contributed by atoms with Crippen LogP contribution < -0.4 is 16.4 Å². The molecule has 4 N–H and O–H groups in total. The van der Waals surface area contributed by atoms with E-state index in [1.165, 1.54) is 12.1 Å². The van der Waals surface area contributed by atoms with E-state index in [1.807, 2.05) is 6.92 Å². The summed E-state index contributed by atoms with van der Waals surface area (Å²) in [5.74, 6) is -0.702. The first-order chi connectivity index (χ1) is 11.6. The normalized spacial score (nSPS) is 11.2. The molecular weight excluding hydrogens is 355 g/mol. The van der Waals surface area contributed by atoms with Gasteiger partial charge in [0.2, 0.25) is 0 Å². The summed E-state index contributed by atoms with van der Waals surface area (Å²) in [5, 5.41) is 4.79. The van der Waals surface area contributed by atoms with Crippen LogP contribution in [0.4, 0.5) is 28.7 Å². The molecule has 0 fully saturated rings. The number of primary amides is 1. The Hall–Kier alpha value is -2.55. The first kappa shape index (κ1) is 18.8. The van der Waals surface area contributed by atoms with Crippen molar-refractivity contribution >= 4 is 34.0 Å². The Kier molecular flexibility index (Phi) is 5.36. The minimum Gasteiger partial charge on any atom is -0.365 e. The lowest BCUT2D eigenvalue weighted by Crippen LogP contribution is -2.23. The number of carbonyl (C=O) groups is 2. The lowest BCUT2D eigenvalue weighted by atomic mass is 10.1. The molecule has 0 saturated heterocycles. The van der Waals surface area contributed by atoms with Gasteiger partial charge in [-0.1, -0.05) is 19.1 Å². The van der Waals surface area contributed by atoms with Gasteiger partial charge in [0.1, 0.15) is 5.00 Å². The van der Waals surface area contributed by atoms with E-state index in [0.717, 1.165) is 28.3 Å². The molecule has 25 heavy (non-hydrogen) atoms. The summed E-state index contributed by atoms with van der Waals surface area (Å²) in [4.78, 5) is 24.6. The zero-order valence-corrected chi connectivity index (χ0v) is 14.3. The fraction of sp³-hybridized carbons (Fsp3) is 0.250. The molecule has 0 radical (unpaired) electrons. The van der Waals surface area contributed by atoms with Crippen LogP contribution in [0.2, 0.25) is 0 Å². The smallest absolute Gasteiger partial charge is 0.365 e. The molecule has 0 atom stereocenters. The first-order valence-corrected chi connectivity index (χ1v) is 8.13. The van der Waals surface area contributed by atoms with E-state index in [9.17, 15) is 22.8 Å². The number of aryl methyl sites for hydroxylation is 1. The molecule has 1 heterocycles. The molecule has 5 nitrogen and oxygen atoms in total. The highest BCUT2D eigenvalue weighted by Crippen LogP contribution is 2.35. The van der Waals surface area contributed by atoms with E-state index in [-0.39, 0.29) is 16.3 Å². The first-order valence-electron chi connectivity index (χ1n) is 7.31. The number of para-hydroxylation sites is 1. The number of halogens is 3. The summed E-state index contributed by atoms with van der Waals surface area (Å²) in [5.41, 5.74) is 4.92. The lowest BCUT2D eigenvalue weighted by Gasteiger charge is -2.14. The molecule has 0 aliphatic heterocycles. The van der Waals surface area contributed by atoms with Crippen LogP contribution in [0.1, 0.15) is 33.3 Å². The van der Waals surface area contributed by atoms with Gasteiger partial charge >= 0.3 is 12.2 Å². The molecule has 0 bridgehead atoms. The second kappa shape index (κ2) is 7.14. The molecule has 9 heteroatoms. The number of rotatable bonds is 4. The Morgan fingerprint density at radius 2 is 1.84 bits per heavy atom. The van der Waals surface area contributed by atoms with Crippen LogP contribution >= 0.6 is 11.3 Å². The molecule has 0 saturated carbocycles. The number of alkyl halides is 3. The van der Waals surface area contributed by atoms with Gasteiger partial charge in [-0.05, 0) is 31.0 Å². The maximum Gasteiger partial charge on any atom is 0.418 e. The Morgan fingerprint density at radius 1 is 1.20 bits per heavy atom. The third-order valence-electron chi connectivity index (χ3n) is 3.52. The number of anilines is 2. The van der Waals surface area contributed by atoms with Gasteiger partial charge in [-0.25, -0.2) is 4.79 Å². The van der Waals surface area contributed by atoms with Gasteiger partial charge in [-0.3, -0.25) is 10.1 Å². The van der Waals surface area contributed by atoms with Crippen LogP contribution in [-0.4, -0.2) is 11.9 Å². The Balaban J connectivity index is 2.27. The molecule has 0 aliphatic rings. The van der Waals surface area contributed by atoms with Gasteiger partial charge in [0.15, 0.2) is 0 Å². The van der Waals surface area contributed by atoms with E-state index in [0.29, 0.717) is 12.0 Å². The van der Waals surface area contributed by atoms with E-state index in [4.69, 9.17) is 5.73 Å². The van der Waals surface area contributed by atoms with Gasteiger partial charge in [0, 0.05) is 4.88 Å². The highest BCUT2D eigenvalue weighted by molar-refractivity contribution is 7.16. The van der Waals surface area contributed by atoms with Crippen molar-refractivity contribution in [2.45, 2.75) is 26.4 Å². The number of urea groups is 1. The van der Waals surface area contributed by atoms with Crippen molar-refractivity contribution in [3.05, 3.63) is 45.8 Å². The second-order valence-electron chi connectivity index (χ2n) is 5.18. The number of hydrogen-bond acceptors (Lipinski definition) is 3. The maximum absolute atomic E-state index is 13.0. The third kappa shape index (κ3) is 4.11. The largest absolute Gasteiger partial charge is 0.418 e. The predicted octanol–water partition coefficient (Wildman–Crippen LogP) is 4.38. The molecular formula is C16H16F3N3O2S. The van der Waals surface area contributed by atoms with Crippen LogP contribution in [0.3, 0.4) is 0 Å². The van der Waals surface area contributed by atoms with Crippen LogP contribution in [0.25, 0.3) is 0 Å². The molecule has 134 valence electrons. The van der Waals surface area contributed by atoms with Crippen LogP contribution in [0.5, 0.6) is 0 Å². The van der Waals surface area contributed by atoms with Crippen LogP contribution in [-0.2, 0) is 12.6 Å². The number of benzene rings is 1. The van der Waals surface area contributed by atoms with Crippen molar-refractivity contribution in [2.75, 3.05) is 10.6 Å². The fourth-order valence-corrected chi connectivity index (χ4v) is 3.59. The minimum atomic E-state index is -4.60. The molecule has 0 aliphatic carbocycles. The zero-order chi connectivity index (χ0) is 18.8. The zero-order valence-electron chi connectivity index (χ0n) is 13.5. The summed E-state index contributed by atoms with van der Waals surface area (Å²) < 4.78 is 38.9. The molecule has 0 unspecified atom stereocenters. The Labute approximate surface area is 146 Å². The molecule has 1 aromatic heterocycles. The van der Waals surface area contributed by atoms with E-state index in [1.54, 1.807) is 6.92 Å². The van der Waals surface area contributed by atoms with Gasteiger partial charge in [-0.2, -0.15) is 13.2 Å². The average Bonchev–Trinajstić information content (AvgIpc) is 2.81. The minimum absolute atomic E-state index is 0.184. The maximum atomic E-state index is 13.0. The van der Waals surface area contributed by atoms with Gasteiger partial charge < -0.3 is 11.1 Å². The van der Waals surface area contributed by atoms with E-state index in [2.05, 4.69) is 10.6 Å². The van der Waals surface area contributed by atoms with Crippen molar-refractivity contribution in [1.29, 1.82) is 0 Å². The average molecular weight is 371 g/mol. The van der Waals surface area contributed by atoms with Crippen molar-refractivity contribution in [1.82, 2.24) is 0 Å². The van der Waals surface area contributed by atoms with Crippen molar-refractivity contribution in [3.63, 3.8) is 0 Å². The number of nitrogens with one attached hydrogen (secondary N) is 2. The van der Waals surface area contributed by atoms with Crippen molar-refractivity contribution in [3.8, 4) is 0 Å². The standard InChI is InChI=1S/C16H16F3N3O2S/c1-3-9-8(2)25-14(12(9)13(20)23)22-15(24)21-11-7-5-4-6-10(11)16(17,18)19/h4-7H,3H2,1-2H3,(H2,20,23)(H2,21,22,24). The topological polar surface area (TPSA) is 84.2 Å². The summed E-state index contributed by atoms with van der Waals surface area (Å²) in [6.45, 7) is 3.61. The van der Waals surface area contributed by atoms with Crippen molar-refractivity contribution < 1.29 is 22.8 Å². The van der Waals surface area contributed by atoms with Gasteiger partial charge in [-0.15, -0.1) is 11.3 Å². The summed E-state index contributed by atoms with van der Waals surface area (Å²) >= 11 is 1.15. The third-order valence-corrected chi connectivity index (χ3v) is 4.58. The quantitative estimate of drug-likeness (QED) is 0.745. The van der Waals surface area contributed by atoms with Gasteiger partial charge in [0.25, 0.3) is 5.91 Å². The molecule has 0 spiro atoms. The van der Waals surface area contributed by atoms with Crippen LogP contribution in [0.15, 0.2) is 24.3 Å². The fourth-order valence-electron chi connectivity index (χ4n) is 2.45. The lowest BCUT2D eigenvalue weighted by molar-refractivity contribution is -0.136. The van der Waals surface area contributed by atoms with E-state index < -0.39 is 23.7 Å². The monoisotopic (exact) mass is 371 g/mol. The van der Waals surface area contributed by atoms with Crippen molar-refractivity contribution in [2.24, 2.45) is 5.73 Å². The predicted molar refractivity (Wildman–Crippen MR) is 91.0 cm³/mol.